The average molecular weight is 327 g/mol. The van der Waals surface area contributed by atoms with E-state index in [-0.39, 0.29) is 12.5 Å². The zero-order valence-electron chi connectivity index (χ0n) is 13.7. The molecule has 1 amide bonds. The Hall–Kier alpha value is -3.02. The minimum Gasteiger partial charge on any atom is -0.497 e. The van der Waals surface area contributed by atoms with Crippen LogP contribution in [-0.4, -0.2) is 38.6 Å². The van der Waals surface area contributed by atoms with Gasteiger partial charge in [0.1, 0.15) is 17.1 Å². The summed E-state index contributed by atoms with van der Waals surface area (Å²) in [7, 11) is 4.86. The van der Waals surface area contributed by atoms with Gasteiger partial charge in [-0.25, -0.2) is 4.79 Å². The summed E-state index contributed by atoms with van der Waals surface area (Å²) in [6, 6.07) is 10.4. The number of rotatable bonds is 4. The van der Waals surface area contributed by atoms with Gasteiger partial charge >= 0.3 is 5.63 Å². The molecule has 0 N–H and O–H groups in total. The Morgan fingerprint density at radius 1 is 1.04 bits per heavy atom. The maximum Gasteiger partial charge on any atom is 0.344 e. The minimum absolute atomic E-state index is 0.0759. The molecule has 0 fully saturated rings. The second-order valence-corrected chi connectivity index (χ2v) is 5.54. The van der Waals surface area contributed by atoms with E-state index in [1.807, 2.05) is 12.1 Å². The molecule has 1 aromatic heterocycles. The molecule has 1 heterocycles. The number of carbonyl (C=O) groups is 1. The fraction of sp³-hybridized carbons (Fsp3) is 0.222. The number of benzene rings is 2. The van der Waals surface area contributed by atoms with Crippen LogP contribution in [0.5, 0.6) is 11.5 Å². The number of ether oxygens (including phenoxy) is 2. The molecule has 0 bridgehead atoms. The Kier molecular flexibility index (Phi) is 4.12. The van der Waals surface area contributed by atoms with E-state index in [0.717, 1.165) is 10.8 Å². The molecule has 2 aromatic carbocycles. The van der Waals surface area contributed by atoms with E-state index in [2.05, 4.69) is 0 Å². The quantitative estimate of drug-likeness (QED) is 0.544. The fourth-order valence-electron chi connectivity index (χ4n) is 2.38. The number of hydrogen-bond donors (Lipinski definition) is 0. The molecular weight excluding hydrogens is 310 g/mol. The zero-order chi connectivity index (χ0) is 17.3. The number of carbonyl (C=O) groups excluding carboxylic acids is 1. The van der Waals surface area contributed by atoms with Crippen molar-refractivity contribution in [2.24, 2.45) is 0 Å². The van der Waals surface area contributed by atoms with Crippen molar-refractivity contribution in [3.8, 4) is 11.5 Å². The van der Waals surface area contributed by atoms with Crippen LogP contribution in [0.1, 0.15) is 0 Å². The van der Waals surface area contributed by atoms with Crippen LogP contribution in [0.4, 0.5) is 0 Å². The van der Waals surface area contributed by atoms with Crippen LogP contribution in [0.25, 0.3) is 21.7 Å². The first-order chi connectivity index (χ1) is 11.5. The summed E-state index contributed by atoms with van der Waals surface area (Å²) in [5.41, 5.74) is -0.0367. The Labute approximate surface area is 138 Å². The van der Waals surface area contributed by atoms with Crippen LogP contribution < -0.4 is 15.1 Å². The summed E-state index contributed by atoms with van der Waals surface area (Å²) in [5.74, 6) is 0.909. The number of fused-ring (bicyclic) bond motifs is 3. The summed E-state index contributed by atoms with van der Waals surface area (Å²) in [6.45, 7) is -0.0759. The Morgan fingerprint density at radius 3 is 2.46 bits per heavy atom. The monoisotopic (exact) mass is 327 g/mol. The van der Waals surface area contributed by atoms with E-state index < -0.39 is 5.63 Å². The van der Waals surface area contributed by atoms with Gasteiger partial charge in [-0.05, 0) is 30.3 Å². The Bertz CT molecular complexity index is 974. The predicted octanol–water partition coefficient (Wildman–Crippen LogP) is 2.42. The van der Waals surface area contributed by atoms with Crippen LogP contribution in [-0.2, 0) is 4.79 Å². The lowest BCUT2D eigenvalue weighted by Crippen LogP contribution is -2.27. The molecule has 0 saturated heterocycles. The third-order valence-electron chi connectivity index (χ3n) is 3.75. The van der Waals surface area contributed by atoms with Crippen LogP contribution in [0.3, 0.4) is 0 Å². The van der Waals surface area contributed by atoms with E-state index in [1.165, 1.54) is 4.90 Å². The second kappa shape index (κ2) is 6.23. The van der Waals surface area contributed by atoms with Gasteiger partial charge in [-0.1, -0.05) is 0 Å². The highest BCUT2D eigenvalue weighted by atomic mass is 16.5. The van der Waals surface area contributed by atoms with Crippen molar-refractivity contribution in [2.45, 2.75) is 0 Å². The van der Waals surface area contributed by atoms with Crippen molar-refractivity contribution < 1.29 is 18.7 Å². The van der Waals surface area contributed by atoms with Gasteiger partial charge in [0.05, 0.1) is 12.5 Å². The van der Waals surface area contributed by atoms with Gasteiger partial charge in [-0.3, -0.25) is 4.79 Å². The van der Waals surface area contributed by atoms with Crippen LogP contribution in [0, 0.1) is 0 Å². The lowest BCUT2D eigenvalue weighted by Gasteiger charge is -2.11. The van der Waals surface area contributed by atoms with E-state index in [0.29, 0.717) is 22.5 Å². The predicted molar refractivity (Wildman–Crippen MR) is 90.7 cm³/mol. The molecule has 0 atom stereocenters. The fourth-order valence-corrected chi connectivity index (χ4v) is 2.38. The summed E-state index contributed by atoms with van der Waals surface area (Å²) in [4.78, 5) is 25.2. The molecule has 0 spiro atoms. The smallest absolute Gasteiger partial charge is 0.344 e. The summed E-state index contributed by atoms with van der Waals surface area (Å²) >= 11 is 0. The third-order valence-corrected chi connectivity index (χ3v) is 3.75. The minimum atomic E-state index is -0.446. The van der Waals surface area contributed by atoms with E-state index in [1.54, 1.807) is 45.5 Å². The first-order valence-corrected chi connectivity index (χ1v) is 7.37. The maximum atomic E-state index is 12.2. The van der Waals surface area contributed by atoms with Gasteiger partial charge in [0.2, 0.25) is 0 Å². The molecule has 6 heteroatoms. The van der Waals surface area contributed by atoms with Crippen molar-refractivity contribution >= 4 is 27.6 Å². The van der Waals surface area contributed by atoms with Crippen molar-refractivity contribution in [1.82, 2.24) is 4.90 Å². The largest absolute Gasteiger partial charge is 0.497 e. The van der Waals surface area contributed by atoms with Crippen molar-refractivity contribution in [2.75, 3.05) is 27.8 Å². The first-order valence-electron chi connectivity index (χ1n) is 7.37. The van der Waals surface area contributed by atoms with Crippen molar-refractivity contribution in [1.29, 1.82) is 0 Å². The van der Waals surface area contributed by atoms with Crippen LogP contribution in [0.15, 0.2) is 45.6 Å². The average Bonchev–Trinajstić information content (AvgIpc) is 2.59. The molecule has 24 heavy (non-hydrogen) atoms. The van der Waals surface area contributed by atoms with E-state index in [4.69, 9.17) is 13.9 Å². The first kappa shape index (κ1) is 15.9. The van der Waals surface area contributed by atoms with Crippen LogP contribution >= 0.6 is 0 Å². The Morgan fingerprint density at radius 2 is 1.75 bits per heavy atom. The van der Waals surface area contributed by atoms with Crippen molar-refractivity contribution in [3.63, 3.8) is 0 Å². The number of hydrogen-bond acceptors (Lipinski definition) is 5. The van der Waals surface area contributed by atoms with Gasteiger partial charge in [0, 0.05) is 30.9 Å². The molecule has 0 aliphatic rings. The molecule has 3 rings (SSSR count). The van der Waals surface area contributed by atoms with Gasteiger partial charge in [-0.15, -0.1) is 0 Å². The highest BCUT2D eigenvalue weighted by molar-refractivity contribution is 6.04. The maximum absolute atomic E-state index is 12.2. The second-order valence-electron chi connectivity index (χ2n) is 5.54. The standard InChI is InChI=1S/C18H17NO5/c1-19(2)17(20)10-23-12-5-7-14-13-6-4-11(22-3)8-15(13)18(21)24-16(14)9-12/h4-9H,10H2,1-3H3. The number of likely N-dealkylation sites (N-methyl/N-ethyl adjacent to an activating group) is 1. The lowest BCUT2D eigenvalue weighted by molar-refractivity contribution is -0.130. The number of methoxy groups -OCH3 is 1. The molecule has 6 nitrogen and oxygen atoms in total. The molecule has 0 unspecified atom stereocenters. The molecular formula is C18H17NO5. The molecule has 0 aliphatic carbocycles. The summed E-state index contributed by atoms with van der Waals surface area (Å²) in [6.07, 6.45) is 0. The third kappa shape index (κ3) is 2.90. The van der Waals surface area contributed by atoms with Gasteiger partial charge < -0.3 is 18.8 Å². The number of amides is 1. The highest BCUT2D eigenvalue weighted by Crippen LogP contribution is 2.28. The summed E-state index contributed by atoms with van der Waals surface area (Å²) < 4.78 is 16.0. The molecule has 0 radical (unpaired) electrons. The van der Waals surface area contributed by atoms with Gasteiger partial charge in [-0.2, -0.15) is 0 Å². The SMILES string of the molecule is COc1ccc2c(c1)c(=O)oc1cc(OCC(=O)N(C)C)ccc12. The Balaban J connectivity index is 2.03. The van der Waals surface area contributed by atoms with Gasteiger partial charge in [0.25, 0.3) is 5.91 Å². The molecule has 3 aromatic rings. The van der Waals surface area contributed by atoms with E-state index >= 15 is 0 Å². The number of nitrogens with zero attached hydrogens (tertiary/aromatic N) is 1. The summed E-state index contributed by atoms with van der Waals surface area (Å²) in [5, 5.41) is 2.02. The topological polar surface area (TPSA) is 69.0 Å². The lowest BCUT2D eigenvalue weighted by atomic mass is 10.1. The highest BCUT2D eigenvalue weighted by Gasteiger charge is 2.11. The molecule has 0 saturated carbocycles. The van der Waals surface area contributed by atoms with Crippen LogP contribution in [0.2, 0.25) is 0 Å². The van der Waals surface area contributed by atoms with E-state index in [9.17, 15) is 9.59 Å². The van der Waals surface area contributed by atoms with Crippen molar-refractivity contribution in [3.05, 3.63) is 46.8 Å². The molecule has 124 valence electrons. The molecule has 0 aliphatic heterocycles. The normalized spacial score (nSPS) is 10.8. The van der Waals surface area contributed by atoms with Gasteiger partial charge in [0.15, 0.2) is 6.61 Å². The zero-order valence-corrected chi connectivity index (χ0v) is 13.7.